The molecule has 2 atom stereocenters. The SMILES string of the molecule is CCCCCCCCCCC(CCCCCCCC)CNC(=O)c1cc(-c2ccc(N(c3ccccc3)c3ccccc3)cc2)sc1-c1cnc(-c2sc(-c3ccc(N(c4ccccc4)c4ccccc4)cc3)cc2C(=O)NCC(CCCCCCCC)CCCCCCCCCC)cn1. The zero-order valence-corrected chi connectivity index (χ0v) is 62.7. The van der Waals surface area contributed by atoms with Gasteiger partial charge in [0.1, 0.15) is 0 Å². The molecule has 0 radical (unpaired) electrons. The van der Waals surface area contributed by atoms with Crippen LogP contribution in [0.2, 0.25) is 0 Å². The minimum Gasteiger partial charge on any atom is -0.352 e. The lowest BCUT2D eigenvalue weighted by Gasteiger charge is -2.25. The lowest BCUT2D eigenvalue weighted by atomic mass is 9.93. The molecule has 9 aromatic rings. The van der Waals surface area contributed by atoms with E-state index in [1.54, 1.807) is 22.7 Å². The van der Waals surface area contributed by atoms with Crippen molar-refractivity contribution < 1.29 is 9.59 Å². The standard InChI is InChI=1S/C90H116N6O2S2/c1-5-9-13-17-21-23-27-35-47-71(45-33-25-19-15-11-7-3)67-93-89(97)81-65-85(73-57-61-79(62-58-73)95(75-49-37-29-38-50-75)76-51-39-30-40-52-76)99-87(81)83-69-92-84(70-91-83)88-82(90(98)94-68-72(46-34-26-20-16-12-8-4)48-36-28-24-22-18-14-10-6-2)66-86(100-88)74-59-63-80(64-60-74)96(77-53-41-31-42-54-77)78-55-43-32-44-56-78/h29-32,37-44,49-66,69-72H,5-28,33-36,45-48,67-68H2,1-4H3,(H,93,97)(H,94,98). The van der Waals surface area contributed by atoms with E-state index in [0.717, 1.165) is 90.4 Å². The predicted molar refractivity (Wildman–Crippen MR) is 431 cm³/mol. The third-order valence-corrected chi connectivity index (χ3v) is 22.3. The number of thiophene rings is 2. The van der Waals surface area contributed by atoms with Gasteiger partial charge in [-0.25, -0.2) is 0 Å². The van der Waals surface area contributed by atoms with Gasteiger partial charge in [-0.05, 0) is 134 Å². The maximum atomic E-state index is 15.1. The number of nitrogens with one attached hydrogen (secondary N) is 2. The van der Waals surface area contributed by atoms with Crippen LogP contribution in [0, 0.1) is 11.8 Å². The number of rotatable bonds is 48. The van der Waals surface area contributed by atoms with Gasteiger partial charge in [-0.15, -0.1) is 22.7 Å². The van der Waals surface area contributed by atoms with Gasteiger partial charge < -0.3 is 20.4 Å². The molecule has 0 spiro atoms. The largest absolute Gasteiger partial charge is 0.352 e. The number of aromatic nitrogens is 2. The van der Waals surface area contributed by atoms with E-state index in [-0.39, 0.29) is 11.8 Å². The van der Waals surface area contributed by atoms with Crippen molar-refractivity contribution in [1.82, 2.24) is 20.6 Å². The zero-order valence-electron chi connectivity index (χ0n) is 61.1. The summed E-state index contributed by atoms with van der Waals surface area (Å²) in [7, 11) is 0. The number of hydrogen-bond acceptors (Lipinski definition) is 8. The van der Waals surface area contributed by atoms with Gasteiger partial charge in [0.15, 0.2) is 0 Å². The number of amides is 2. The summed E-state index contributed by atoms with van der Waals surface area (Å²) in [5.41, 5.74) is 10.9. The summed E-state index contributed by atoms with van der Waals surface area (Å²) in [6.45, 7) is 10.4. The number of benzene rings is 6. The number of unbranched alkanes of at least 4 members (excludes halogenated alkanes) is 24. The van der Waals surface area contributed by atoms with E-state index in [0.29, 0.717) is 47.4 Å². The maximum absolute atomic E-state index is 15.1. The smallest absolute Gasteiger partial charge is 0.252 e. The third kappa shape index (κ3) is 24.3. The lowest BCUT2D eigenvalue weighted by molar-refractivity contribution is 0.0938. The second-order valence-electron chi connectivity index (χ2n) is 27.9. The molecule has 530 valence electrons. The van der Waals surface area contributed by atoms with Crippen molar-refractivity contribution in [2.24, 2.45) is 11.8 Å². The van der Waals surface area contributed by atoms with Crippen molar-refractivity contribution in [2.75, 3.05) is 22.9 Å². The molecule has 3 aromatic heterocycles. The summed E-state index contributed by atoms with van der Waals surface area (Å²) in [6.07, 6.45) is 44.0. The minimum absolute atomic E-state index is 0.0797. The van der Waals surface area contributed by atoms with Crippen LogP contribution in [0.15, 0.2) is 194 Å². The van der Waals surface area contributed by atoms with Crippen LogP contribution in [0.25, 0.3) is 42.0 Å². The number of carbonyl (C=O) groups is 2. The highest BCUT2D eigenvalue weighted by Gasteiger charge is 2.25. The van der Waals surface area contributed by atoms with E-state index >= 15 is 9.59 Å². The van der Waals surface area contributed by atoms with Crippen LogP contribution < -0.4 is 20.4 Å². The van der Waals surface area contributed by atoms with Crippen molar-refractivity contribution in [3.05, 3.63) is 206 Å². The monoisotopic (exact) mass is 1380 g/mol. The van der Waals surface area contributed by atoms with Crippen molar-refractivity contribution in [3.8, 4) is 42.0 Å². The first-order chi connectivity index (χ1) is 49.3. The van der Waals surface area contributed by atoms with Gasteiger partial charge >= 0.3 is 0 Å². The molecule has 9 rings (SSSR count). The average Bonchev–Trinajstić information content (AvgIpc) is 1.60. The Balaban J connectivity index is 1.03. The summed E-state index contributed by atoms with van der Waals surface area (Å²) in [5.74, 6) is 0.674. The molecule has 0 aliphatic carbocycles. The van der Waals surface area contributed by atoms with Crippen LogP contribution in [0.1, 0.15) is 254 Å². The number of para-hydroxylation sites is 4. The molecule has 0 aliphatic rings. The van der Waals surface area contributed by atoms with Gasteiger partial charge in [0.2, 0.25) is 0 Å². The summed E-state index contributed by atoms with van der Waals surface area (Å²) in [5, 5.41) is 7.01. The molecule has 0 aliphatic heterocycles. The topological polar surface area (TPSA) is 90.5 Å². The highest BCUT2D eigenvalue weighted by atomic mass is 32.1. The summed E-state index contributed by atoms with van der Waals surface area (Å²) < 4.78 is 0. The van der Waals surface area contributed by atoms with Crippen molar-refractivity contribution in [2.45, 2.75) is 233 Å². The molecule has 0 saturated carbocycles. The average molecular weight is 1380 g/mol. The van der Waals surface area contributed by atoms with E-state index in [4.69, 9.17) is 9.97 Å². The van der Waals surface area contributed by atoms with Crippen LogP contribution >= 0.6 is 22.7 Å². The molecular weight excluding hydrogens is 1260 g/mol. The van der Waals surface area contributed by atoms with E-state index in [1.165, 1.54) is 180 Å². The van der Waals surface area contributed by atoms with Gasteiger partial charge in [-0.2, -0.15) is 0 Å². The second-order valence-corrected chi connectivity index (χ2v) is 30.0. The fourth-order valence-corrected chi connectivity index (χ4v) is 16.3. The van der Waals surface area contributed by atoms with Crippen LogP contribution in [-0.2, 0) is 0 Å². The molecule has 6 aromatic carbocycles. The van der Waals surface area contributed by atoms with Crippen molar-refractivity contribution in [3.63, 3.8) is 0 Å². The van der Waals surface area contributed by atoms with Gasteiger partial charge in [0.05, 0.1) is 44.7 Å². The van der Waals surface area contributed by atoms with Crippen LogP contribution in [0.3, 0.4) is 0 Å². The molecule has 10 heteroatoms. The fourth-order valence-electron chi connectivity index (χ4n) is 14.0. The van der Waals surface area contributed by atoms with Gasteiger partial charge in [-0.3, -0.25) is 19.6 Å². The predicted octanol–water partition coefficient (Wildman–Crippen LogP) is 27.5. The lowest BCUT2D eigenvalue weighted by Crippen LogP contribution is -2.29. The van der Waals surface area contributed by atoms with Crippen LogP contribution in [0.4, 0.5) is 34.1 Å². The van der Waals surface area contributed by atoms with Crippen LogP contribution in [0.5, 0.6) is 0 Å². The Morgan fingerprint density at radius 2 is 0.580 bits per heavy atom. The molecule has 0 fully saturated rings. The van der Waals surface area contributed by atoms with Gasteiger partial charge in [0, 0.05) is 57.0 Å². The first-order valence-electron chi connectivity index (χ1n) is 39.0. The highest BCUT2D eigenvalue weighted by Crippen LogP contribution is 2.43. The number of hydrogen-bond donors (Lipinski definition) is 2. The Labute approximate surface area is 610 Å². The van der Waals surface area contributed by atoms with Crippen molar-refractivity contribution in [1.29, 1.82) is 0 Å². The second kappa shape index (κ2) is 43.9. The summed E-state index contributed by atoms with van der Waals surface area (Å²) in [4.78, 5) is 48.7. The van der Waals surface area contributed by atoms with Crippen molar-refractivity contribution >= 4 is 68.6 Å². The van der Waals surface area contributed by atoms with Gasteiger partial charge in [0.25, 0.3) is 11.8 Å². The van der Waals surface area contributed by atoms with Gasteiger partial charge in [-0.1, -0.05) is 305 Å². The molecular formula is C90H116N6O2S2. The Morgan fingerprint density at radius 3 is 0.840 bits per heavy atom. The maximum Gasteiger partial charge on any atom is 0.252 e. The van der Waals surface area contributed by atoms with E-state index in [9.17, 15) is 0 Å². The summed E-state index contributed by atoms with van der Waals surface area (Å²) >= 11 is 3.17. The van der Waals surface area contributed by atoms with E-state index in [1.807, 2.05) is 12.4 Å². The minimum atomic E-state index is -0.0797. The molecule has 100 heavy (non-hydrogen) atoms. The molecule has 3 heterocycles. The number of carbonyl (C=O) groups excluding carboxylic acids is 2. The Kier molecular flexibility index (Phi) is 33.6. The van der Waals surface area contributed by atoms with Crippen LogP contribution in [-0.4, -0.2) is 34.9 Å². The molecule has 2 N–H and O–H groups in total. The Hall–Kier alpha value is -7.66. The molecule has 0 saturated heterocycles. The quantitative estimate of drug-likeness (QED) is 0.0369. The zero-order chi connectivity index (χ0) is 69.6. The van der Waals surface area contributed by atoms with E-state index in [2.05, 4.69) is 230 Å². The molecule has 0 bridgehead atoms. The fraction of sp³-hybridized carbons (Fsp3) is 0.444. The first-order valence-corrected chi connectivity index (χ1v) is 40.7. The Morgan fingerprint density at radius 1 is 0.330 bits per heavy atom. The molecule has 2 amide bonds. The number of anilines is 6. The third-order valence-electron chi connectivity index (χ3n) is 19.9. The normalized spacial score (nSPS) is 12.0. The number of nitrogens with zero attached hydrogens (tertiary/aromatic N) is 4. The first kappa shape index (κ1) is 76.5. The molecule has 8 nitrogen and oxygen atoms in total. The van der Waals surface area contributed by atoms with E-state index < -0.39 is 0 Å². The summed E-state index contributed by atoms with van der Waals surface area (Å²) in [6, 6.07) is 63.5. The Bertz CT molecular complexity index is 3360. The molecule has 2 unspecified atom stereocenters. The highest BCUT2D eigenvalue weighted by molar-refractivity contribution is 7.19.